The van der Waals surface area contributed by atoms with Crippen molar-refractivity contribution in [2.75, 3.05) is 18.0 Å². The summed E-state index contributed by atoms with van der Waals surface area (Å²) >= 11 is 0. The summed E-state index contributed by atoms with van der Waals surface area (Å²) in [5, 5.41) is 1.28. The van der Waals surface area contributed by atoms with Crippen molar-refractivity contribution in [2.45, 2.75) is 33.1 Å². The van der Waals surface area contributed by atoms with Gasteiger partial charge in [-0.05, 0) is 31.4 Å². The highest BCUT2D eigenvalue weighted by Gasteiger charge is 2.18. The van der Waals surface area contributed by atoms with Crippen molar-refractivity contribution in [3.8, 4) is 0 Å². The molecule has 1 fully saturated rings. The number of fused-ring (bicyclic) bond motifs is 1. The molecule has 0 spiro atoms. The molecule has 0 atom stereocenters. The molecule has 1 saturated heterocycles. The molecule has 0 saturated carbocycles. The van der Waals surface area contributed by atoms with Gasteiger partial charge in [-0.3, -0.25) is 0 Å². The molecule has 2 aromatic rings. The lowest BCUT2D eigenvalue weighted by Crippen LogP contribution is -2.17. The minimum absolute atomic E-state index is 0.972. The number of aryl methyl sites for hydroxylation is 2. The van der Waals surface area contributed by atoms with E-state index in [4.69, 9.17) is 4.42 Å². The highest BCUT2D eigenvalue weighted by atomic mass is 16.3. The van der Waals surface area contributed by atoms with Crippen LogP contribution in [-0.2, 0) is 6.42 Å². The average molecular weight is 229 g/mol. The maximum absolute atomic E-state index is 6.05. The first-order valence-corrected chi connectivity index (χ1v) is 6.57. The molecular weight excluding hydrogens is 210 g/mol. The number of furan rings is 1. The zero-order valence-corrected chi connectivity index (χ0v) is 10.6. The smallest absolute Gasteiger partial charge is 0.157 e. The summed E-state index contributed by atoms with van der Waals surface area (Å²) in [7, 11) is 0. The molecule has 0 bridgehead atoms. The summed E-state index contributed by atoms with van der Waals surface area (Å²) in [6.07, 6.45) is 3.58. The second-order valence-corrected chi connectivity index (χ2v) is 4.85. The highest BCUT2D eigenvalue weighted by Crippen LogP contribution is 2.34. The number of nitrogens with zero attached hydrogens (tertiary/aromatic N) is 1. The van der Waals surface area contributed by atoms with Gasteiger partial charge in [-0.15, -0.1) is 0 Å². The van der Waals surface area contributed by atoms with Crippen LogP contribution in [0.15, 0.2) is 22.6 Å². The van der Waals surface area contributed by atoms with Crippen LogP contribution in [0.1, 0.15) is 31.1 Å². The van der Waals surface area contributed by atoms with E-state index in [1.807, 2.05) is 0 Å². The second-order valence-electron chi connectivity index (χ2n) is 4.85. The van der Waals surface area contributed by atoms with E-state index in [1.54, 1.807) is 0 Å². The van der Waals surface area contributed by atoms with Gasteiger partial charge in [0, 0.05) is 24.9 Å². The zero-order valence-electron chi connectivity index (χ0n) is 10.6. The van der Waals surface area contributed by atoms with Crippen LogP contribution in [0.2, 0.25) is 0 Å². The van der Waals surface area contributed by atoms with Gasteiger partial charge in [0.15, 0.2) is 5.58 Å². The lowest BCUT2D eigenvalue weighted by molar-refractivity contribution is 0.552. The summed E-state index contributed by atoms with van der Waals surface area (Å²) in [4.78, 5) is 2.45. The van der Waals surface area contributed by atoms with Crippen LogP contribution in [0.5, 0.6) is 0 Å². The van der Waals surface area contributed by atoms with E-state index in [9.17, 15) is 0 Å². The van der Waals surface area contributed by atoms with Gasteiger partial charge in [-0.2, -0.15) is 0 Å². The molecule has 0 unspecified atom stereocenters. The Hall–Kier alpha value is -1.44. The number of hydrogen-bond acceptors (Lipinski definition) is 2. The Morgan fingerprint density at radius 1 is 1.24 bits per heavy atom. The quantitative estimate of drug-likeness (QED) is 0.776. The maximum Gasteiger partial charge on any atom is 0.157 e. The van der Waals surface area contributed by atoms with Crippen molar-refractivity contribution in [2.24, 2.45) is 0 Å². The van der Waals surface area contributed by atoms with Gasteiger partial charge >= 0.3 is 0 Å². The van der Waals surface area contributed by atoms with E-state index in [0.29, 0.717) is 0 Å². The van der Waals surface area contributed by atoms with E-state index in [1.165, 1.54) is 42.6 Å². The Labute approximate surface area is 102 Å². The Bertz CT molecular complexity index is 535. The predicted octanol–water partition coefficient (Wildman–Crippen LogP) is 3.90. The molecule has 1 aliphatic heterocycles. The Balaban J connectivity index is 2.18. The molecule has 0 N–H and O–H groups in total. The Morgan fingerprint density at radius 2 is 2.00 bits per heavy atom. The SMILES string of the molecule is CCc1oc2c(N3CCCC3)cccc2c1C. The van der Waals surface area contributed by atoms with Gasteiger partial charge in [0.25, 0.3) is 0 Å². The van der Waals surface area contributed by atoms with Crippen molar-refractivity contribution >= 4 is 16.7 Å². The third-order valence-corrected chi connectivity index (χ3v) is 3.81. The third-order valence-electron chi connectivity index (χ3n) is 3.81. The van der Waals surface area contributed by atoms with Crippen LogP contribution in [0.25, 0.3) is 11.0 Å². The van der Waals surface area contributed by atoms with Crippen molar-refractivity contribution in [3.63, 3.8) is 0 Å². The van der Waals surface area contributed by atoms with Crippen molar-refractivity contribution in [1.29, 1.82) is 0 Å². The van der Waals surface area contributed by atoms with E-state index >= 15 is 0 Å². The number of para-hydroxylation sites is 1. The fraction of sp³-hybridized carbons (Fsp3) is 0.467. The first-order chi connectivity index (χ1) is 8.31. The lowest BCUT2D eigenvalue weighted by atomic mass is 10.1. The molecular formula is C15H19NO. The van der Waals surface area contributed by atoms with Crippen LogP contribution in [0, 0.1) is 6.92 Å². The molecule has 0 radical (unpaired) electrons. The highest BCUT2D eigenvalue weighted by molar-refractivity contribution is 5.92. The fourth-order valence-electron chi connectivity index (χ4n) is 2.82. The summed E-state index contributed by atoms with van der Waals surface area (Å²) < 4.78 is 6.05. The number of benzene rings is 1. The molecule has 0 aliphatic carbocycles. The van der Waals surface area contributed by atoms with E-state index in [-0.39, 0.29) is 0 Å². The topological polar surface area (TPSA) is 16.4 Å². The van der Waals surface area contributed by atoms with Crippen LogP contribution in [0.3, 0.4) is 0 Å². The van der Waals surface area contributed by atoms with Gasteiger partial charge in [-0.1, -0.05) is 19.1 Å². The summed E-state index contributed by atoms with van der Waals surface area (Å²) in [5.74, 6) is 1.13. The van der Waals surface area contributed by atoms with E-state index in [0.717, 1.165) is 17.8 Å². The van der Waals surface area contributed by atoms with Crippen molar-refractivity contribution in [1.82, 2.24) is 0 Å². The van der Waals surface area contributed by atoms with Crippen LogP contribution < -0.4 is 4.90 Å². The molecule has 3 rings (SSSR count). The van der Waals surface area contributed by atoms with Crippen LogP contribution in [-0.4, -0.2) is 13.1 Å². The Kier molecular flexibility index (Phi) is 2.58. The molecule has 1 aliphatic rings. The second kappa shape index (κ2) is 4.10. The largest absolute Gasteiger partial charge is 0.459 e. The first-order valence-electron chi connectivity index (χ1n) is 6.57. The zero-order chi connectivity index (χ0) is 11.8. The van der Waals surface area contributed by atoms with Crippen LogP contribution in [0.4, 0.5) is 5.69 Å². The van der Waals surface area contributed by atoms with Crippen LogP contribution >= 0.6 is 0 Å². The minimum atomic E-state index is 0.972. The normalized spacial score (nSPS) is 16.0. The predicted molar refractivity (Wildman–Crippen MR) is 71.8 cm³/mol. The van der Waals surface area contributed by atoms with Crippen molar-refractivity contribution < 1.29 is 4.42 Å². The lowest BCUT2D eigenvalue weighted by Gasteiger charge is -2.17. The summed E-state index contributed by atoms with van der Waals surface area (Å²) in [6.45, 7) is 6.65. The molecule has 0 amide bonds. The molecule has 2 heterocycles. The average Bonchev–Trinajstić information content (AvgIpc) is 2.97. The molecule has 90 valence electrons. The third kappa shape index (κ3) is 1.63. The first kappa shape index (κ1) is 10.7. The van der Waals surface area contributed by atoms with E-state index in [2.05, 4.69) is 36.9 Å². The molecule has 2 heteroatoms. The number of hydrogen-bond donors (Lipinski definition) is 0. The maximum atomic E-state index is 6.05. The molecule has 1 aromatic heterocycles. The monoisotopic (exact) mass is 229 g/mol. The van der Waals surface area contributed by atoms with Gasteiger partial charge in [0.1, 0.15) is 5.76 Å². The van der Waals surface area contributed by atoms with Gasteiger partial charge in [0.2, 0.25) is 0 Å². The van der Waals surface area contributed by atoms with Gasteiger partial charge in [-0.25, -0.2) is 0 Å². The van der Waals surface area contributed by atoms with Gasteiger partial charge in [0.05, 0.1) is 5.69 Å². The standard InChI is InChI=1S/C15H19NO/c1-3-14-11(2)12-7-6-8-13(15(12)17-14)16-9-4-5-10-16/h6-8H,3-5,9-10H2,1-2H3. The van der Waals surface area contributed by atoms with Crippen molar-refractivity contribution in [3.05, 3.63) is 29.5 Å². The molecule has 17 heavy (non-hydrogen) atoms. The fourth-order valence-corrected chi connectivity index (χ4v) is 2.82. The minimum Gasteiger partial charge on any atom is -0.459 e. The molecule has 2 nitrogen and oxygen atoms in total. The summed E-state index contributed by atoms with van der Waals surface area (Å²) in [5.41, 5.74) is 3.68. The number of anilines is 1. The van der Waals surface area contributed by atoms with Gasteiger partial charge < -0.3 is 9.32 Å². The van der Waals surface area contributed by atoms with E-state index < -0.39 is 0 Å². The number of rotatable bonds is 2. The molecule has 1 aromatic carbocycles. The Morgan fingerprint density at radius 3 is 2.71 bits per heavy atom. The summed E-state index contributed by atoms with van der Waals surface area (Å²) in [6, 6.07) is 6.51.